The van der Waals surface area contributed by atoms with Gasteiger partial charge in [-0.15, -0.1) is 0 Å². The van der Waals surface area contributed by atoms with Crippen molar-refractivity contribution in [3.8, 4) is 0 Å². The first-order valence-electron chi connectivity index (χ1n) is 10.7. The lowest BCUT2D eigenvalue weighted by atomic mass is 10.1. The van der Waals surface area contributed by atoms with Crippen LogP contribution in [0, 0.1) is 19.8 Å². The molecule has 2 amide bonds. The Labute approximate surface area is 203 Å². The molecule has 0 radical (unpaired) electrons. The number of halogens is 1. The van der Waals surface area contributed by atoms with E-state index in [1.165, 1.54) is 24.3 Å². The number of anilines is 3. The lowest BCUT2D eigenvalue weighted by Crippen LogP contribution is -2.28. The summed E-state index contributed by atoms with van der Waals surface area (Å²) >= 11 is 6.18. The molecular weight excluding hydrogens is 474 g/mol. The average Bonchev–Trinajstić information content (AvgIpc) is 3.19. The Morgan fingerprint density at radius 2 is 1.62 bits per heavy atom. The molecule has 34 heavy (non-hydrogen) atoms. The first-order valence-corrected chi connectivity index (χ1v) is 12.6. The van der Waals surface area contributed by atoms with Gasteiger partial charge < -0.3 is 10.2 Å². The van der Waals surface area contributed by atoms with Crippen molar-refractivity contribution < 1.29 is 18.0 Å². The van der Waals surface area contributed by atoms with Crippen molar-refractivity contribution in [2.75, 3.05) is 21.5 Å². The van der Waals surface area contributed by atoms with Crippen molar-refractivity contribution in [2.24, 2.45) is 5.92 Å². The summed E-state index contributed by atoms with van der Waals surface area (Å²) in [6.45, 7) is 4.04. The number of amides is 2. The lowest BCUT2D eigenvalue weighted by Gasteiger charge is -2.17. The molecule has 0 spiro atoms. The van der Waals surface area contributed by atoms with Crippen LogP contribution in [0.4, 0.5) is 17.1 Å². The van der Waals surface area contributed by atoms with Gasteiger partial charge in [-0.25, -0.2) is 8.42 Å². The highest BCUT2D eigenvalue weighted by molar-refractivity contribution is 7.92. The highest BCUT2D eigenvalue weighted by atomic mass is 35.5. The van der Waals surface area contributed by atoms with Crippen LogP contribution >= 0.6 is 11.6 Å². The maximum absolute atomic E-state index is 12.8. The van der Waals surface area contributed by atoms with Crippen molar-refractivity contribution in [3.05, 3.63) is 82.9 Å². The van der Waals surface area contributed by atoms with Crippen molar-refractivity contribution in [2.45, 2.75) is 25.2 Å². The molecular formula is C25H24ClN3O4S. The van der Waals surface area contributed by atoms with Crippen LogP contribution in [0.15, 0.2) is 71.6 Å². The minimum atomic E-state index is -3.76. The topological polar surface area (TPSA) is 95.6 Å². The number of sulfonamides is 1. The monoisotopic (exact) mass is 497 g/mol. The van der Waals surface area contributed by atoms with E-state index in [2.05, 4.69) is 10.0 Å². The van der Waals surface area contributed by atoms with Gasteiger partial charge in [0.1, 0.15) is 0 Å². The summed E-state index contributed by atoms with van der Waals surface area (Å²) in [4.78, 5) is 26.9. The standard InChI is InChI=1S/C25H24ClN3O4S/c1-16-3-6-20(7-4-16)28-34(32,33)22-11-8-19(9-12-22)27-25(31)18-13-24(30)29(15-18)21-10-5-17(2)23(26)14-21/h3-12,14,18,28H,13,15H2,1-2H3,(H,27,31). The lowest BCUT2D eigenvalue weighted by molar-refractivity contribution is -0.122. The van der Waals surface area contributed by atoms with Crippen LogP contribution in [0.1, 0.15) is 17.5 Å². The number of carbonyl (C=O) groups excluding carboxylic acids is 2. The Morgan fingerprint density at radius 1 is 0.971 bits per heavy atom. The number of aryl methyl sites for hydroxylation is 2. The molecule has 7 nitrogen and oxygen atoms in total. The van der Waals surface area contributed by atoms with Gasteiger partial charge in [0.25, 0.3) is 10.0 Å². The van der Waals surface area contributed by atoms with Gasteiger partial charge in [0.15, 0.2) is 0 Å². The summed E-state index contributed by atoms with van der Waals surface area (Å²) in [7, 11) is -3.76. The molecule has 1 fully saturated rings. The van der Waals surface area contributed by atoms with E-state index in [1.54, 1.807) is 23.1 Å². The molecule has 1 unspecified atom stereocenters. The van der Waals surface area contributed by atoms with Crippen LogP contribution in [-0.4, -0.2) is 26.8 Å². The SMILES string of the molecule is Cc1ccc(NS(=O)(=O)c2ccc(NC(=O)C3CC(=O)N(c4ccc(C)c(Cl)c4)C3)cc2)cc1. The largest absolute Gasteiger partial charge is 0.326 e. The van der Waals surface area contributed by atoms with Crippen LogP contribution in [0.25, 0.3) is 0 Å². The molecule has 1 saturated heterocycles. The van der Waals surface area contributed by atoms with Gasteiger partial charge in [-0.2, -0.15) is 0 Å². The molecule has 9 heteroatoms. The Balaban J connectivity index is 1.40. The Hall–Kier alpha value is -3.36. The molecule has 0 aromatic heterocycles. The maximum Gasteiger partial charge on any atom is 0.261 e. The van der Waals surface area contributed by atoms with Gasteiger partial charge in [-0.3, -0.25) is 14.3 Å². The molecule has 176 valence electrons. The van der Waals surface area contributed by atoms with E-state index in [-0.39, 0.29) is 29.7 Å². The van der Waals surface area contributed by atoms with E-state index in [4.69, 9.17) is 11.6 Å². The number of carbonyl (C=O) groups is 2. The van der Waals surface area contributed by atoms with E-state index in [0.717, 1.165) is 11.1 Å². The zero-order valence-corrected chi connectivity index (χ0v) is 20.3. The molecule has 1 aliphatic rings. The normalized spacial score (nSPS) is 15.9. The summed E-state index contributed by atoms with van der Waals surface area (Å²) in [5.41, 5.74) is 3.51. The third-order valence-corrected chi connectivity index (χ3v) is 7.50. The zero-order valence-electron chi connectivity index (χ0n) is 18.7. The third-order valence-electron chi connectivity index (χ3n) is 5.70. The second-order valence-corrected chi connectivity index (χ2v) is 10.4. The second-order valence-electron chi connectivity index (χ2n) is 8.32. The molecule has 3 aromatic rings. The van der Waals surface area contributed by atoms with Crippen LogP contribution in [0.3, 0.4) is 0 Å². The van der Waals surface area contributed by atoms with Gasteiger partial charge >= 0.3 is 0 Å². The number of hydrogen-bond donors (Lipinski definition) is 2. The van der Waals surface area contributed by atoms with E-state index >= 15 is 0 Å². The first-order chi connectivity index (χ1) is 16.1. The molecule has 4 rings (SSSR count). The van der Waals surface area contributed by atoms with Crippen LogP contribution in [0.5, 0.6) is 0 Å². The van der Waals surface area contributed by atoms with Crippen molar-refractivity contribution in [1.82, 2.24) is 0 Å². The molecule has 1 aliphatic heterocycles. The summed E-state index contributed by atoms with van der Waals surface area (Å²) in [6, 6.07) is 18.3. The van der Waals surface area contributed by atoms with Crippen LogP contribution in [-0.2, 0) is 19.6 Å². The van der Waals surface area contributed by atoms with Gasteiger partial charge in [-0.05, 0) is 67.9 Å². The van der Waals surface area contributed by atoms with E-state index in [0.29, 0.717) is 22.1 Å². The third kappa shape index (κ3) is 5.24. The van der Waals surface area contributed by atoms with Gasteiger partial charge in [0.05, 0.1) is 10.8 Å². The second kappa shape index (κ2) is 9.48. The maximum atomic E-state index is 12.8. The first kappa shape index (κ1) is 23.8. The minimum Gasteiger partial charge on any atom is -0.326 e. The quantitative estimate of drug-likeness (QED) is 0.513. The smallest absolute Gasteiger partial charge is 0.261 e. The van der Waals surface area contributed by atoms with Crippen LogP contribution in [0.2, 0.25) is 5.02 Å². The Morgan fingerprint density at radius 3 is 2.26 bits per heavy atom. The van der Waals surface area contributed by atoms with Gasteiger partial charge in [-0.1, -0.05) is 35.4 Å². The Kier molecular flexibility index (Phi) is 6.63. The zero-order chi connectivity index (χ0) is 24.5. The summed E-state index contributed by atoms with van der Waals surface area (Å²) in [6.07, 6.45) is 0.0876. The van der Waals surface area contributed by atoms with Gasteiger partial charge in [0.2, 0.25) is 11.8 Å². The predicted molar refractivity (Wildman–Crippen MR) is 134 cm³/mol. The summed E-state index contributed by atoms with van der Waals surface area (Å²) < 4.78 is 27.8. The highest BCUT2D eigenvalue weighted by Crippen LogP contribution is 2.29. The highest BCUT2D eigenvalue weighted by Gasteiger charge is 2.35. The predicted octanol–water partition coefficient (Wildman–Crippen LogP) is 4.75. The summed E-state index contributed by atoms with van der Waals surface area (Å²) in [5, 5.41) is 3.33. The number of nitrogens with zero attached hydrogens (tertiary/aromatic N) is 1. The Bertz CT molecular complexity index is 1340. The molecule has 1 heterocycles. The average molecular weight is 498 g/mol. The van der Waals surface area contributed by atoms with Crippen LogP contribution < -0.4 is 14.9 Å². The fourth-order valence-corrected chi connectivity index (χ4v) is 4.91. The van der Waals surface area contributed by atoms with E-state index < -0.39 is 15.9 Å². The van der Waals surface area contributed by atoms with Crippen molar-refractivity contribution in [3.63, 3.8) is 0 Å². The molecule has 2 N–H and O–H groups in total. The number of nitrogens with one attached hydrogen (secondary N) is 2. The van der Waals surface area contributed by atoms with Gasteiger partial charge in [0, 0.05) is 35.1 Å². The number of hydrogen-bond acceptors (Lipinski definition) is 4. The minimum absolute atomic E-state index is 0.0737. The molecule has 3 aromatic carbocycles. The molecule has 1 atom stereocenters. The summed E-state index contributed by atoms with van der Waals surface area (Å²) in [5.74, 6) is -0.981. The number of rotatable bonds is 6. The number of benzene rings is 3. The molecule has 0 aliphatic carbocycles. The fourth-order valence-electron chi connectivity index (χ4n) is 3.68. The van der Waals surface area contributed by atoms with E-state index in [1.807, 2.05) is 38.1 Å². The van der Waals surface area contributed by atoms with Crippen molar-refractivity contribution >= 4 is 50.5 Å². The van der Waals surface area contributed by atoms with Crippen molar-refractivity contribution in [1.29, 1.82) is 0 Å². The fraction of sp³-hybridized carbons (Fsp3) is 0.200. The molecule has 0 bridgehead atoms. The molecule has 0 saturated carbocycles. The van der Waals surface area contributed by atoms with E-state index in [9.17, 15) is 18.0 Å².